The van der Waals surface area contributed by atoms with E-state index in [0.717, 1.165) is 5.56 Å². The minimum atomic E-state index is -3.58. The highest BCUT2D eigenvalue weighted by atomic mass is 32.2. The Labute approximate surface area is 129 Å². The molecule has 1 aromatic rings. The topological polar surface area (TPSA) is 72.2 Å². The summed E-state index contributed by atoms with van der Waals surface area (Å²) < 4.78 is 27.9. The van der Waals surface area contributed by atoms with Crippen LogP contribution in [0.2, 0.25) is 0 Å². The number of nitrogen functional groups attached to an aromatic ring is 1. The van der Waals surface area contributed by atoms with Crippen LogP contribution in [0.5, 0.6) is 0 Å². The molecular formula is C16H28N2O2S. The molecule has 0 heterocycles. The van der Waals surface area contributed by atoms with Crippen molar-refractivity contribution in [1.82, 2.24) is 4.72 Å². The van der Waals surface area contributed by atoms with Crippen molar-refractivity contribution in [2.24, 2.45) is 17.8 Å². The van der Waals surface area contributed by atoms with Gasteiger partial charge in [-0.25, -0.2) is 13.1 Å². The second-order valence-corrected chi connectivity index (χ2v) is 8.15. The molecule has 4 nitrogen and oxygen atoms in total. The molecule has 0 aliphatic carbocycles. The highest BCUT2D eigenvalue weighted by Crippen LogP contribution is 2.26. The van der Waals surface area contributed by atoms with E-state index in [4.69, 9.17) is 5.73 Å². The first-order valence-electron chi connectivity index (χ1n) is 7.43. The quantitative estimate of drug-likeness (QED) is 0.793. The van der Waals surface area contributed by atoms with E-state index in [-0.39, 0.29) is 4.90 Å². The van der Waals surface area contributed by atoms with Gasteiger partial charge in [-0.3, -0.25) is 0 Å². The van der Waals surface area contributed by atoms with E-state index in [2.05, 4.69) is 32.4 Å². The van der Waals surface area contributed by atoms with Gasteiger partial charge < -0.3 is 5.73 Å². The minimum absolute atomic E-state index is 0.216. The van der Waals surface area contributed by atoms with E-state index in [1.54, 1.807) is 13.0 Å². The number of nitrogens with two attached hydrogens (primary N) is 1. The van der Waals surface area contributed by atoms with Crippen molar-refractivity contribution in [1.29, 1.82) is 0 Å². The molecule has 0 bridgehead atoms. The molecule has 0 fully saturated rings. The molecule has 1 aromatic carbocycles. The fourth-order valence-corrected chi connectivity index (χ4v) is 4.18. The molecule has 0 amide bonds. The lowest BCUT2D eigenvalue weighted by atomic mass is 9.86. The van der Waals surface area contributed by atoms with Crippen LogP contribution in [0.1, 0.15) is 38.8 Å². The van der Waals surface area contributed by atoms with Crippen LogP contribution in [-0.2, 0) is 10.0 Å². The Morgan fingerprint density at radius 1 is 1.05 bits per heavy atom. The molecule has 3 N–H and O–H groups in total. The van der Waals surface area contributed by atoms with Gasteiger partial charge in [-0.15, -0.1) is 0 Å². The number of hydrogen-bond acceptors (Lipinski definition) is 3. The predicted molar refractivity (Wildman–Crippen MR) is 88.7 cm³/mol. The average molecular weight is 312 g/mol. The van der Waals surface area contributed by atoms with Gasteiger partial charge in [0.25, 0.3) is 0 Å². The monoisotopic (exact) mass is 312 g/mol. The highest BCUT2D eigenvalue weighted by Gasteiger charge is 2.24. The summed E-state index contributed by atoms with van der Waals surface area (Å²) in [6.07, 6.45) is 0. The number of rotatable bonds is 6. The number of benzene rings is 1. The first-order chi connectivity index (χ1) is 9.58. The van der Waals surface area contributed by atoms with Gasteiger partial charge in [0, 0.05) is 6.54 Å². The van der Waals surface area contributed by atoms with Gasteiger partial charge in [-0.2, -0.15) is 0 Å². The Morgan fingerprint density at radius 3 is 2.00 bits per heavy atom. The van der Waals surface area contributed by atoms with Crippen molar-refractivity contribution in [3.05, 3.63) is 23.3 Å². The third-order valence-electron chi connectivity index (χ3n) is 4.10. The fourth-order valence-electron chi connectivity index (χ4n) is 2.68. The first kappa shape index (κ1) is 18.0. The van der Waals surface area contributed by atoms with Crippen molar-refractivity contribution < 1.29 is 8.42 Å². The molecule has 0 aromatic heterocycles. The van der Waals surface area contributed by atoms with Crippen LogP contribution in [0.15, 0.2) is 17.0 Å². The first-order valence-corrected chi connectivity index (χ1v) is 8.91. The summed E-state index contributed by atoms with van der Waals surface area (Å²) in [7, 11) is -3.58. The van der Waals surface area contributed by atoms with Gasteiger partial charge in [0.2, 0.25) is 10.0 Å². The normalized spacial score (nSPS) is 12.6. The van der Waals surface area contributed by atoms with Gasteiger partial charge >= 0.3 is 0 Å². The number of aryl methyl sites for hydroxylation is 2. The maximum absolute atomic E-state index is 12.6. The number of hydrogen-bond donors (Lipinski definition) is 2. The van der Waals surface area contributed by atoms with Gasteiger partial charge in [0.1, 0.15) is 4.90 Å². The van der Waals surface area contributed by atoms with E-state index >= 15 is 0 Å². The van der Waals surface area contributed by atoms with Crippen LogP contribution in [0.3, 0.4) is 0 Å². The summed E-state index contributed by atoms with van der Waals surface area (Å²) in [4.78, 5) is 0.216. The van der Waals surface area contributed by atoms with E-state index < -0.39 is 10.0 Å². The third-order valence-corrected chi connectivity index (χ3v) is 5.73. The molecule has 0 aliphatic rings. The van der Waals surface area contributed by atoms with Crippen LogP contribution in [0.25, 0.3) is 0 Å². The molecular weight excluding hydrogens is 284 g/mol. The zero-order valence-electron chi connectivity index (χ0n) is 13.9. The van der Waals surface area contributed by atoms with E-state index in [9.17, 15) is 8.42 Å². The molecule has 0 unspecified atom stereocenters. The largest absolute Gasteiger partial charge is 0.397 e. The maximum atomic E-state index is 12.6. The van der Waals surface area contributed by atoms with Gasteiger partial charge in [-0.1, -0.05) is 39.8 Å². The molecule has 0 saturated heterocycles. The van der Waals surface area contributed by atoms with Crippen molar-refractivity contribution in [3.8, 4) is 0 Å². The van der Waals surface area contributed by atoms with E-state index in [1.807, 2.05) is 13.0 Å². The predicted octanol–water partition coefficient (Wildman–Crippen LogP) is 3.09. The lowest BCUT2D eigenvalue weighted by Crippen LogP contribution is -2.34. The Morgan fingerprint density at radius 2 is 1.52 bits per heavy atom. The second kappa shape index (κ2) is 6.79. The summed E-state index contributed by atoms with van der Waals surface area (Å²) in [5.74, 6) is 1.14. The summed E-state index contributed by atoms with van der Waals surface area (Å²) in [6, 6.07) is 3.64. The molecule has 0 atom stereocenters. The van der Waals surface area contributed by atoms with Crippen molar-refractivity contribution >= 4 is 15.7 Å². The van der Waals surface area contributed by atoms with E-state index in [0.29, 0.717) is 35.5 Å². The Kier molecular flexibility index (Phi) is 5.82. The summed E-state index contributed by atoms with van der Waals surface area (Å²) in [5, 5.41) is 0. The van der Waals surface area contributed by atoms with Crippen molar-refractivity contribution in [3.63, 3.8) is 0 Å². The van der Waals surface area contributed by atoms with Gasteiger partial charge in [-0.05, 0) is 42.7 Å². The molecule has 0 saturated carbocycles. The molecule has 0 aliphatic heterocycles. The van der Waals surface area contributed by atoms with Crippen LogP contribution < -0.4 is 10.5 Å². The number of sulfonamides is 1. The highest BCUT2D eigenvalue weighted by molar-refractivity contribution is 7.89. The summed E-state index contributed by atoms with van der Waals surface area (Å²) in [5.41, 5.74) is 7.78. The summed E-state index contributed by atoms with van der Waals surface area (Å²) in [6.45, 7) is 12.5. The number of anilines is 1. The molecule has 120 valence electrons. The second-order valence-electron chi connectivity index (χ2n) is 6.45. The smallest absolute Gasteiger partial charge is 0.242 e. The summed E-state index contributed by atoms with van der Waals surface area (Å²) >= 11 is 0. The number of nitrogens with one attached hydrogen (secondary N) is 1. The lowest BCUT2D eigenvalue weighted by Gasteiger charge is -2.25. The zero-order valence-corrected chi connectivity index (χ0v) is 14.7. The van der Waals surface area contributed by atoms with Gasteiger partial charge in [0.05, 0.1) is 5.69 Å². The molecule has 5 heteroatoms. The van der Waals surface area contributed by atoms with Crippen LogP contribution in [0, 0.1) is 31.6 Å². The molecule has 21 heavy (non-hydrogen) atoms. The van der Waals surface area contributed by atoms with Crippen LogP contribution in [-0.4, -0.2) is 15.0 Å². The maximum Gasteiger partial charge on any atom is 0.242 e. The van der Waals surface area contributed by atoms with Crippen molar-refractivity contribution in [2.75, 3.05) is 12.3 Å². The lowest BCUT2D eigenvalue weighted by molar-refractivity contribution is 0.289. The standard InChI is InChI=1S/C16H28N2O2S/c1-10(2)14(11(3)4)9-18-21(19,20)16-13(6)8-7-12(5)15(16)17/h7-8,10-11,14,18H,9,17H2,1-6H3. The van der Waals surface area contributed by atoms with E-state index in [1.165, 1.54) is 0 Å². The third kappa shape index (κ3) is 4.20. The van der Waals surface area contributed by atoms with Crippen LogP contribution >= 0.6 is 0 Å². The SMILES string of the molecule is Cc1ccc(C)c(S(=O)(=O)NCC(C(C)C)C(C)C)c1N. The molecule has 0 radical (unpaired) electrons. The average Bonchev–Trinajstić information content (AvgIpc) is 2.33. The molecule has 0 spiro atoms. The Balaban J connectivity index is 3.06. The Hall–Kier alpha value is -1.07. The van der Waals surface area contributed by atoms with Crippen molar-refractivity contribution in [2.45, 2.75) is 46.4 Å². The Bertz CT molecular complexity index is 585. The fraction of sp³-hybridized carbons (Fsp3) is 0.625. The minimum Gasteiger partial charge on any atom is -0.397 e. The van der Waals surface area contributed by atoms with Gasteiger partial charge in [0.15, 0.2) is 0 Å². The van der Waals surface area contributed by atoms with Crippen LogP contribution in [0.4, 0.5) is 5.69 Å². The molecule has 1 rings (SSSR count). The zero-order chi connectivity index (χ0) is 16.4.